The van der Waals surface area contributed by atoms with Crippen molar-refractivity contribution >= 4 is 33.9 Å². The van der Waals surface area contributed by atoms with Gasteiger partial charge in [-0.2, -0.15) is 0 Å². The first kappa shape index (κ1) is 24.2. The van der Waals surface area contributed by atoms with Crippen molar-refractivity contribution in [3.05, 3.63) is 98.6 Å². The summed E-state index contributed by atoms with van der Waals surface area (Å²) in [4.78, 5) is 32.5. The third-order valence-electron chi connectivity index (χ3n) is 6.76. The van der Waals surface area contributed by atoms with Crippen molar-refractivity contribution in [2.45, 2.75) is 26.3 Å². The van der Waals surface area contributed by atoms with Crippen LogP contribution in [0.3, 0.4) is 0 Å². The Morgan fingerprint density at radius 2 is 1.92 bits per heavy atom. The lowest BCUT2D eigenvalue weighted by Crippen LogP contribution is -2.34. The van der Waals surface area contributed by atoms with Gasteiger partial charge >= 0.3 is 0 Å². The number of nitrogens with zero attached hydrogens (tertiary/aromatic N) is 3. The summed E-state index contributed by atoms with van der Waals surface area (Å²) in [5, 5.41) is 22.9. The van der Waals surface area contributed by atoms with Gasteiger partial charge in [-0.05, 0) is 54.3 Å². The molecule has 0 aliphatic carbocycles. The maximum absolute atomic E-state index is 11.8. The van der Waals surface area contributed by atoms with Crippen LogP contribution in [0.25, 0.3) is 10.9 Å². The maximum atomic E-state index is 11.8. The average Bonchev–Trinajstić information content (AvgIpc) is 3.22. The molecule has 5 rings (SSSR count). The molecular formula is C28H27N5O4. The van der Waals surface area contributed by atoms with Gasteiger partial charge in [0.25, 0.3) is 5.69 Å². The van der Waals surface area contributed by atoms with E-state index >= 15 is 0 Å². The number of hydrogen-bond donors (Lipinski definition) is 3. The number of nitrogens with two attached hydrogens (primary N) is 1. The van der Waals surface area contributed by atoms with E-state index in [4.69, 9.17) is 10.7 Å². The van der Waals surface area contributed by atoms with E-state index in [0.29, 0.717) is 47.5 Å². The van der Waals surface area contributed by atoms with E-state index in [9.17, 15) is 20.0 Å². The number of aromatic hydroxyl groups is 1. The van der Waals surface area contributed by atoms with E-state index in [1.807, 2.05) is 47.4 Å². The number of H-pyrrole nitrogens is 1. The molecule has 4 N–H and O–H groups in total. The van der Waals surface area contributed by atoms with E-state index in [2.05, 4.69) is 4.98 Å². The van der Waals surface area contributed by atoms with Crippen molar-refractivity contribution in [3.8, 4) is 5.88 Å². The van der Waals surface area contributed by atoms with E-state index in [1.165, 1.54) is 12.1 Å². The molecule has 2 heterocycles. The van der Waals surface area contributed by atoms with Gasteiger partial charge in [-0.1, -0.05) is 30.3 Å². The topological polar surface area (TPSA) is 138 Å². The molecule has 1 aliphatic rings. The van der Waals surface area contributed by atoms with Crippen LogP contribution in [0, 0.1) is 10.1 Å². The molecule has 0 bridgehead atoms. The second-order valence-corrected chi connectivity index (χ2v) is 9.18. The number of nitro groups is 1. The molecule has 1 amide bonds. The number of non-ortho nitro benzene ring substituents is 1. The number of rotatable bonds is 6. The highest BCUT2D eigenvalue weighted by Crippen LogP contribution is 2.34. The summed E-state index contributed by atoms with van der Waals surface area (Å²) >= 11 is 0. The minimum absolute atomic E-state index is 0.0528. The van der Waals surface area contributed by atoms with Crippen LogP contribution in [0.15, 0.2) is 65.7 Å². The van der Waals surface area contributed by atoms with Gasteiger partial charge in [0.2, 0.25) is 5.91 Å². The Labute approximate surface area is 213 Å². The van der Waals surface area contributed by atoms with Crippen molar-refractivity contribution in [2.24, 2.45) is 10.7 Å². The summed E-state index contributed by atoms with van der Waals surface area (Å²) in [7, 11) is 0. The van der Waals surface area contributed by atoms with Crippen molar-refractivity contribution in [3.63, 3.8) is 0 Å². The first-order valence-electron chi connectivity index (χ1n) is 12.1. The molecule has 0 saturated carbocycles. The highest BCUT2D eigenvalue weighted by atomic mass is 16.6. The van der Waals surface area contributed by atoms with Crippen LogP contribution in [0.2, 0.25) is 0 Å². The van der Waals surface area contributed by atoms with Gasteiger partial charge in [-0.25, -0.2) is 4.99 Å². The molecule has 1 aromatic heterocycles. The Kier molecular flexibility index (Phi) is 6.45. The summed E-state index contributed by atoms with van der Waals surface area (Å²) < 4.78 is 0. The van der Waals surface area contributed by atoms with Crippen molar-refractivity contribution in [1.82, 2.24) is 9.88 Å². The normalized spacial score (nSPS) is 13.6. The molecule has 0 fully saturated rings. The quantitative estimate of drug-likeness (QED) is 0.206. The van der Waals surface area contributed by atoms with Gasteiger partial charge in [0.15, 0.2) is 5.88 Å². The zero-order valence-electron chi connectivity index (χ0n) is 20.4. The Hall–Kier alpha value is -4.50. The molecule has 0 radical (unpaired) electrons. The second-order valence-electron chi connectivity index (χ2n) is 9.18. The molecule has 4 aromatic rings. The van der Waals surface area contributed by atoms with Gasteiger partial charge in [0.1, 0.15) is 0 Å². The summed E-state index contributed by atoms with van der Waals surface area (Å²) in [6.45, 7) is 3.32. The van der Waals surface area contributed by atoms with Crippen LogP contribution < -0.4 is 5.73 Å². The number of aromatic nitrogens is 1. The summed E-state index contributed by atoms with van der Waals surface area (Å²) in [5.74, 6) is -0.0626. The minimum atomic E-state index is -0.459. The van der Waals surface area contributed by atoms with Gasteiger partial charge in [-0.15, -0.1) is 0 Å². The summed E-state index contributed by atoms with van der Waals surface area (Å²) in [5.41, 5.74) is 11.8. The number of benzene rings is 3. The highest BCUT2D eigenvalue weighted by Gasteiger charge is 2.22. The fraction of sp³-hybridized carbons (Fsp3) is 0.214. The van der Waals surface area contributed by atoms with Crippen LogP contribution in [0.4, 0.5) is 11.4 Å². The summed E-state index contributed by atoms with van der Waals surface area (Å²) in [6, 6.07) is 18.1. The Morgan fingerprint density at radius 3 is 2.62 bits per heavy atom. The number of aromatic amines is 1. The SMILES string of the molecule is CC(=O)N1CCc2cc(N=C(c3ccc(CCN)cc3)c3c(O)[nH]c4ccc([N+](=O)[O-])cc34)ccc2C1. The first-order valence-corrected chi connectivity index (χ1v) is 12.1. The van der Waals surface area contributed by atoms with Crippen LogP contribution in [-0.2, 0) is 24.2 Å². The van der Waals surface area contributed by atoms with E-state index in [-0.39, 0.29) is 17.5 Å². The molecule has 0 spiro atoms. The van der Waals surface area contributed by atoms with Crippen LogP contribution in [0.5, 0.6) is 5.88 Å². The third kappa shape index (κ3) is 4.81. The molecular weight excluding hydrogens is 470 g/mol. The maximum Gasteiger partial charge on any atom is 0.270 e. The molecule has 0 atom stereocenters. The smallest absolute Gasteiger partial charge is 0.270 e. The van der Waals surface area contributed by atoms with Gasteiger partial charge in [0, 0.05) is 48.6 Å². The molecule has 1 aliphatic heterocycles. The molecule has 9 nitrogen and oxygen atoms in total. The molecule has 0 saturated heterocycles. The number of carbonyl (C=O) groups is 1. The molecule has 188 valence electrons. The number of hydrogen-bond acceptors (Lipinski definition) is 6. The van der Waals surface area contributed by atoms with Crippen molar-refractivity contribution < 1.29 is 14.8 Å². The van der Waals surface area contributed by atoms with E-state index < -0.39 is 4.92 Å². The predicted octanol–water partition coefficient (Wildman–Crippen LogP) is 4.36. The lowest BCUT2D eigenvalue weighted by atomic mass is 9.97. The van der Waals surface area contributed by atoms with Crippen LogP contribution in [-0.4, -0.2) is 44.6 Å². The number of nitrogens with one attached hydrogen (secondary N) is 1. The predicted molar refractivity (Wildman–Crippen MR) is 142 cm³/mol. The fourth-order valence-corrected chi connectivity index (χ4v) is 4.79. The monoisotopic (exact) mass is 497 g/mol. The zero-order chi connectivity index (χ0) is 26.1. The first-order chi connectivity index (χ1) is 17.8. The van der Waals surface area contributed by atoms with Crippen molar-refractivity contribution in [1.29, 1.82) is 0 Å². The standard InChI is InChI=1S/C28H27N5O4/c1-17(34)32-13-11-20-14-22(7-6-21(20)16-32)30-27(19-4-2-18(3-5-19)10-12-29)26-24-15-23(33(36)37)8-9-25(24)31-28(26)35/h2-9,14-15,31,35H,10-13,16,29H2,1H3. The Morgan fingerprint density at radius 1 is 1.14 bits per heavy atom. The molecule has 3 aromatic carbocycles. The van der Waals surface area contributed by atoms with Crippen LogP contribution in [0.1, 0.15) is 34.7 Å². The third-order valence-corrected chi connectivity index (χ3v) is 6.76. The minimum Gasteiger partial charge on any atom is -0.494 e. The van der Waals surface area contributed by atoms with E-state index in [0.717, 1.165) is 35.1 Å². The highest BCUT2D eigenvalue weighted by molar-refractivity contribution is 6.22. The molecule has 37 heavy (non-hydrogen) atoms. The average molecular weight is 498 g/mol. The molecule has 0 unspecified atom stereocenters. The van der Waals surface area contributed by atoms with E-state index in [1.54, 1.807) is 13.0 Å². The number of amides is 1. The van der Waals surface area contributed by atoms with Crippen molar-refractivity contribution in [2.75, 3.05) is 13.1 Å². The second kappa shape index (κ2) is 9.87. The lowest BCUT2D eigenvalue weighted by Gasteiger charge is -2.28. The van der Waals surface area contributed by atoms with Gasteiger partial charge in [0.05, 0.1) is 21.9 Å². The van der Waals surface area contributed by atoms with Gasteiger partial charge < -0.3 is 20.7 Å². The number of fused-ring (bicyclic) bond motifs is 2. The number of nitro benzene ring substituents is 1. The largest absolute Gasteiger partial charge is 0.494 e. The van der Waals surface area contributed by atoms with Crippen LogP contribution >= 0.6 is 0 Å². The Bertz CT molecular complexity index is 1540. The number of aliphatic imine (C=N–C) groups is 1. The fourth-order valence-electron chi connectivity index (χ4n) is 4.79. The zero-order valence-corrected chi connectivity index (χ0v) is 20.4. The molecule has 9 heteroatoms. The summed E-state index contributed by atoms with van der Waals surface area (Å²) in [6.07, 6.45) is 1.46. The Balaban J connectivity index is 1.65. The lowest BCUT2D eigenvalue weighted by molar-refractivity contribution is -0.384. The van der Waals surface area contributed by atoms with Gasteiger partial charge in [-0.3, -0.25) is 14.9 Å². The number of carbonyl (C=O) groups excluding carboxylic acids is 1.